The van der Waals surface area contributed by atoms with Crippen LogP contribution < -0.4 is 14.8 Å². The van der Waals surface area contributed by atoms with Gasteiger partial charge in [0.05, 0.1) is 12.1 Å². The van der Waals surface area contributed by atoms with Gasteiger partial charge in [-0.05, 0) is 100 Å². The highest BCUT2D eigenvalue weighted by atomic mass is 19.1. The van der Waals surface area contributed by atoms with Crippen LogP contribution in [0, 0.1) is 17.0 Å². The van der Waals surface area contributed by atoms with Crippen LogP contribution in [0.25, 0.3) is 0 Å². The van der Waals surface area contributed by atoms with E-state index in [9.17, 15) is 0 Å². The first kappa shape index (κ1) is 30.0. The number of fused-ring (bicyclic) bond motifs is 1. The molecule has 7 heteroatoms. The third-order valence-electron chi connectivity index (χ3n) is 9.48. The summed E-state index contributed by atoms with van der Waals surface area (Å²) in [6.07, 6.45) is 5.72. The van der Waals surface area contributed by atoms with E-state index in [0.29, 0.717) is 18.8 Å². The average molecular weight is 593 g/mol. The van der Waals surface area contributed by atoms with Crippen molar-refractivity contribution in [2.24, 2.45) is 5.41 Å². The molecule has 0 radical (unpaired) electrons. The Kier molecular flexibility index (Phi) is 8.49. The number of halogens is 3. The van der Waals surface area contributed by atoms with Crippen LogP contribution in [0.15, 0.2) is 60.7 Å². The molecule has 4 nitrogen and oxygen atoms in total. The summed E-state index contributed by atoms with van der Waals surface area (Å²) in [6, 6.07) is 17.3. The van der Waals surface area contributed by atoms with Crippen molar-refractivity contribution in [2.75, 3.05) is 19.6 Å². The molecule has 1 saturated heterocycles. The van der Waals surface area contributed by atoms with Gasteiger partial charge in [-0.2, -0.15) is 0 Å². The van der Waals surface area contributed by atoms with Crippen LogP contribution in [0.3, 0.4) is 0 Å². The predicted octanol–water partition coefficient (Wildman–Crippen LogP) is 7.93. The van der Waals surface area contributed by atoms with Crippen LogP contribution in [0.2, 0.25) is 0 Å². The molecule has 1 N–H and O–H groups in total. The molecule has 43 heavy (non-hydrogen) atoms. The maximum absolute atomic E-state index is 16.1. The fourth-order valence-electron chi connectivity index (χ4n) is 7.48. The van der Waals surface area contributed by atoms with Crippen molar-refractivity contribution < 1.29 is 22.6 Å². The van der Waals surface area contributed by atoms with Gasteiger partial charge in [0.2, 0.25) is 0 Å². The summed E-state index contributed by atoms with van der Waals surface area (Å²) < 4.78 is 59.5. The Balaban J connectivity index is 1.28. The van der Waals surface area contributed by atoms with Crippen molar-refractivity contribution in [3.8, 4) is 11.5 Å². The maximum atomic E-state index is 16.1. The van der Waals surface area contributed by atoms with Gasteiger partial charge in [0.15, 0.2) is 0 Å². The number of benzene rings is 3. The number of ether oxygens (including phenoxy) is 2. The Labute approximate surface area is 253 Å². The van der Waals surface area contributed by atoms with Gasteiger partial charge < -0.3 is 14.8 Å². The normalized spacial score (nSPS) is 26.0. The minimum Gasteiger partial charge on any atom is -0.490 e. The highest BCUT2D eigenvalue weighted by Crippen LogP contribution is 2.46. The van der Waals surface area contributed by atoms with E-state index >= 15 is 13.2 Å². The molecule has 3 aromatic carbocycles. The number of piperidine rings is 1. The molecule has 230 valence electrons. The van der Waals surface area contributed by atoms with Crippen molar-refractivity contribution in [3.63, 3.8) is 0 Å². The zero-order valence-corrected chi connectivity index (χ0v) is 25.5. The van der Waals surface area contributed by atoms with Crippen LogP contribution >= 0.6 is 0 Å². The second-order valence-electron chi connectivity index (χ2n) is 13.5. The summed E-state index contributed by atoms with van der Waals surface area (Å²) >= 11 is 0. The molecule has 2 fully saturated rings. The Morgan fingerprint density at radius 1 is 1.00 bits per heavy atom. The van der Waals surface area contributed by atoms with E-state index in [0.717, 1.165) is 55.5 Å². The first-order valence-corrected chi connectivity index (χ1v) is 15.7. The summed E-state index contributed by atoms with van der Waals surface area (Å²) in [5.41, 5.74) is 1.38. The molecular weight excluding hydrogens is 549 g/mol. The van der Waals surface area contributed by atoms with Gasteiger partial charge in [0.25, 0.3) is 0 Å². The number of hydrogen-bond acceptors (Lipinski definition) is 4. The van der Waals surface area contributed by atoms with Gasteiger partial charge in [-0.3, -0.25) is 4.90 Å². The summed E-state index contributed by atoms with van der Waals surface area (Å²) in [5, 5.41) is 3.50. The molecule has 2 heterocycles. The molecule has 2 aliphatic heterocycles. The monoisotopic (exact) mass is 592 g/mol. The lowest BCUT2D eigenvalue weighted by Gasteiger charge is -2.44. The first-order valence-electron chi connectivity index (χ1n) is 15.7. The van der Waals surface area contributed by atoms with Gasteiger partial charge in [0.1, 0.15) is 35.4 Å². The standard InChI is InChI=1S/C36H43F3N2O2/c1-24-16-26-17-27(42-21-25-8-5-4-6-9-25)10-11-30(26)34(41(24)23-35(2,3)39)33-31(37)18-29(19-32(33)38)43-28-12-14-36(20-28)13-7-15-40-22-36/h4-6,8-11,17-19,24,28,34,40H,7,12-16,20-23H2,1-3H3/t24-,28?,34?,36?/m1/s1. The Bertz CT molecular complexity index is 1390. The summed E-state index contributed by atoms with van der Waals surface area (Å²) in [6.45, 7) is 7.49. The first-order chi connectivity index (χ1) is 20.6. The van der Waals surface area contributed by atoms with E-state index < -0.39 is 23.3 Å². The molecule has 1 aliphatic carbocycles. The third-order valence-corrected chi connectivity index (χ3v) is 9.48. The smallest absolute Gasteiger partial charge is 0.134 e. The zero-order valence-electron chi connectivity index (χ0n) is 25.5. The van der Waals surface area contributed by atoms with Crippen LogP contribution in [-0.2, 0) is 13.0 Å². The van der Waals surface area contributed by atoms with Crippen LogP contribution in [-0.4, -0.2) is 42.3 Å². The third kappa shape index (κ3) is 6.73. The largest absolute Gasteiger partial charge is 0.490 e. The Morgan fingerprint density at radius 3 is 2.47 bits per heavy atom. The molecular formula is C36H43F3N2O2. The molecule has 1 saturated carbocycles. The number of rotatable bonds is 8. The maximum Gasteiger partial charge on any atom is 0.134 e. The van der Waals surface area contributed by atoms with Crippen molar-refractivity contribution in [3.05, 3.63) is 94.6 Å². The zero-order chi connectivity index (χ0) is 30.2. The minimum absolute atomic E-state index is 0.0415. The quantitative estimate of drug-likeness (QED) is 0.288. The fourth-order valence-corrected chi connectivity index (χ4v) is 7.48. The number of alkyl halides is 1. The predicted molar refractivity (Wildman–Crippen MR) is 163 cm³/mol. The van der Waals surface area contributed by atoms with E-state index in [1.807, 2.05) is 60.4 Å². The Morgan fingerprint density at radius 2 is 1.77 bits per heavy atom. The summed E-state index contributed by atoms with van der Waals surface area (Å²) in [5.74, 6) is -0.424. The van der Waals surface area contributed by atoms with Crippen molar-refractivity contribution in [2.45, 2.75) is 89.8 Å². The molecule has 4 atom stereocenters. The number of hydrogen-bond donors (Lipinski definition) is 1. The van der Waals surface area contributed by atoms with Crippen molar-refractivity contribution >= 4 is 0 Å². The lowest BCUT2D eigenvalue weighted by molar-refractivity contribution is 0.0650. The lowest BCUT2D eigenvalue weighted by Crippen LogP contribution is -2.48. The lowest BCUT2D eigenvalue weighted by atomic mass is 9.79. The van der Waals surface area contributed by atoms with E-state index in [-0.39, 0.29) is 35.4 Å². The summed E-state index contributed by atoms with van der Waals surface area (Å²) in [4.78, 5) is 1.89. The second-order valence-corrected chi connectivity index (χ2v) is 13.5. The molecule has 0 bridgehead atoms. The van der Waals surface area contributed by atoms with Crippen molar-refractivity contribution in [1.29, 1.82) is 0 Å². The number of nitrogens with zero attached hydrogens (tertiary/aromatic N) is 1. The second kappa shape index (κ2) is 12.2. The van der Waals surface area contributed by atoms with E-state index in [4.69, 9.17) is 9.47 Å². The van der Waals surface area contributed by atoms with Crippen LogP contribution in [0.5, 0.6) is 11.5 Å². The topological polar surface area (TPSA) is 33.7 Å². The highest BCUT2D eigenvalue weighted by Gasteiger charge is 2.42. The Hall–Kier alpha value is -3.03. The van der Waals surface area contributed by atoms with Gasteiger partial charge in [-0.25, -0.2) is 13.2 Å². The molecule has 3 aliphatic rings. The molecule has 1 spiro atoms. The minimum atomic E-state index is -1.55. The van der Waals surface area contributed by atoms with Crippen molar-refractivity contribution in [1.82, 2.24) is 10.2 Å². The number of nitrogens with one attached hydrogen (secondary N) is 1. The molecule has 0 amide bonds. The van der Waals surface area contributed by atoms with E-state index in [1.54, 1.807) is 0 Å². The summed E-state index contributed by atoms with van der Waals surface area (Å²) in [7, 11) is 0. The van der Waals surface area contributed by atoms with Gasteiger partial charge >= 0.3 is 0 Å². The molecule has 3 unspecified atom stereocenters. The van der Waals surface area contributed by atoms with Gasteiger partial charge in [-0.1, -0.05) is 36.4 Å². The molecule has 0 aromatic heterocycles. The van der Waals surface area contributed by atoms with Gasteiger partial charge in [-0.15, -0.1) is 0 Å². The van der Waals surface area contributed by atoms with Crippen LogP contribution in [0.4, 0.5) is 13.2 Å². The van der Waals surface area contributed by atoms with E-state index in [2.05, 4.69) is 5.32 Å². The van der Waals surface area contributed by atoms with Gasteiger partial charge in [0, 0.05) is 36.8 Å². The molecule has 6 rings (SSSR count). The SMILES string of the molecule is C[C@@H]1Cc2cc(OCc3ccccc3)ccc2C(c2c(F)cc(OC3CCC4(CCCNC4)C3)cc2F)N1CC(C)(C)F. The average Bonchev–Trinajstić information content (AvgIpc) is 3.34. The highest BCUT2D eigenvalue weighted by molar-refractivity contribution is 5.46. The van der Waals surface area contributed by atoms with E-state index in [1.165, 1.54) is 32.4 Å². The fraction of sp³-hybridized carbons (Fsp3) is 0.500. The van der Waals surface area contributed by atoms with Crippen LogP contribution in [0.1, 0.15) is 81.2 Å². The molecule has 3 aromatic rings.